The van der Waals surface area contributed by atoms with E-state index in [1.807, 2.05) is 13.0 Å². The Morgan fingerprint density at radius 1 is 1.38 bits per heavy atom. The molecule has 0 aromatic carbocycles. The van der Waals surface area contributed by atoms with E-state index in [1.165, 1.54) is 12.8 Å². The van der Waals surface area contributed by atoms with Crippen LogP contribution in [-0.4, -0.2) is 5.78 Å². The summed E-state index contributed by atoms with van der Waals surface area (Å²) >= 11 is 0. The van der Waals surface area contributed by atoms with E-state index in [0.717, 1.165) is 12.8 Å². The summed E-state index contributed by atoms with van der Waals surface area (Å²) in [6.07, 6.45) is 6.00. The van der Waals surface area contributed by atoms with Gasteiger partial charge in [0.2, 0.25) is 0 Å². The molecule has 0 aromatic heterocycles. The second-order valence-electron chi connectivity index (χ2n) is 3.81. The van der Waals surface area contributed by atoms with Crippen LogP contribution >= 0.6 is 0 Å². The van der Waals surface area contributed by atoms with E-state index in [4.69, 9.17) is 0 Å². The topological polar surface area (TPSA) is 17.1 Å². The van der Waals surface area contributed by atoms with Crippen molar-refractivity contribution in [1.82, 2.24) is 0 Å². The Morgan fingerprint density at radius 2 is 2.00 bits per heavy atom. The highest BCUT2D eigenvalue weighted by atomic mass is 16.1. The van der Waals surface area contributed by atoms with E-state index in [0.29, 0.717) is 11.7 Å². The molecule has 0 fully saturated rings. The van der Waals surface area contributed by atoms with Crippen molar-refractivity contribution in [2.45, 2.75) is 46.5 Å². The van der Waals surface area contributed by atoms with Gasteiger partial charge in [0.1, 0.15) is 5.78 Å². The average Bonchev–Trinajstić information content (AvgIpc) is 2.15. The van der Waals surface area contributed by atoms with Crippen molar-refractivity contribution in [2.24, 2.45) is 11.8 Å². The Morgan fingerprint density at radius 3 is 2.46 bits per heavy atom. The lowest BCUT2D eigenvalue weighted by Crippen LogP contribution is -2.17. The number of hydrogen-bond donors (Lipinski definition) is 0. The van der Waals surface area contributed by atoms with Crippen LogP contribution < -0.4 is 0 Å². The number of allylic oxidation sites excluding steroid dienone is 1. The average molecular weight is 182 g/mol. The molecule has 0 bridgehead atoms. The first-order valence-corrected chi connectivity index (χ1v) is 5.28. The van der Waals surface area contributed by atoms with E-state index < -0.39 is 0 Å². The third-order valence-electron chi connectivity index (χ3n) is 2.70. The first-order chi connectivity index (χ1) is 6.13. The highest BCUT2D eigenvalue weighted by molar-refractivity contribution is 5.81. The molecule has 0 heterocycles. The molecule has 1 nitrogen and oxygen atoms in total. The Labute approximate surface area is 82.2 Å². The van der Waals surface area contributed by atoms with E-state index in [1.54, 1.807) is 0 Å². The number of hydrogen-bond acceptors (Lipinski definition) is 1. The van der Waals surface area contributed by atoms with Crippen LogP contribution in [0.1, 0.15) is 46.5 Å². The van der Waals surface area contributed by atoms with Crippen LogP contribution in [0, 0.1) is 11.8 Å². The maximum absolute atomic E-state index is 11.6. The van der Waals surface area contributed by atoms with Crippen molar-refractivity contribution < 1.29 is 4.79 Å². The standard InChI is InChI=1S/C12H22O/c1-5-7-8-9-12(13)11(4)10(3)6-2/h6,10-11H,2,5,7-9H2,1,3-4H3/t10-,11+/m1/s1. The molecule has 0 radical (unpaired) electrons. The molecule has 0 aliphatic carbocycles. The fraction of sp³-hybridized carbons (Fsp3) is 0.750. The molecule has 0 aromatic rings. The largest absolute Gasteiger partial charge is 0.299 e. The van der Waals surface area contributed by atoms with Gasteiger partial charge in [0.05, 0.1) is 0 Å². The van der Waals surface area contributed by atoms with E-state index in [2.05, 4.69) is 20.4 Å². The molecule has 0 rings (SSSR count). The Balaban J connectivity index is 3.75. The normalized spacial score (nSPS) is 15.0. The van der Waals surface area contributed by atoms with E-state index >= 15 is 0 Å². The molecule has 0 aliphatic rings. The monoisotopic (exact) mass is 182 g/mol. The maximum Gasteiger partial charge on any atom is 0.136 e. The lowest BCUT2D eigenvalue weighted by atomic mass is 9.89. The van der Waals surface area contributed by atoms with Crippen molar-refractivity contribution in [3.05, 3.63) is 12.7 Å². The zero-order chi connectivity index (χ0) is 10.3. The van der Waals surface area contributed by atoms with Gasteiger partial charge in [-0.1, -0.05) is 39.7 Å². The van der Waals surface area contributed by atoms with Gasteiger partial charge in [-0.25, -0.2) is 0 Å². The molecular formula is C12H22O. The molecule has 13 heavy (non-hydrogen) atoms. The number of unbranched alkanes of at least 4 members (excludes halogenated alkanes) is 2. The zero-order valence-corrected chi connectivity index (χ0v) is 9.18. The Hall–Kier alpha value is -0.590. The van der Waals surface area contributed by atoms with Gasteiger partial charge < -0.3 is 0 Å². The highest BCUT2D eigenvalue weighted by Gasteiger charge is 2.16. The minimum absolute atomic E-state index is 0.148. The molecule has 0 aliphatic heterocycles. The zero-order valence-electron chi connectivity index (χ0n) is 9.18. The van der Waals surface area contributed by atoms with Crippen LogP contribution in [0.5, 0.6) is 0 Å². The molecule has 0 saturated heterocycles. The number of carbonyl (C=O) groups excluding carboxylic acids is 1. The summed E-state index contributed by atoms with van der Waals surface area (Å²) < 4.78 is 0. The quantitative estimate of drug-likeness (QED) is 0.434. The predicted octanol–water partition coefficient (Wildman–Crippen LogP) is 3.59. The summed E-state index contributed by atoms with van der Waals surface area (Å²) in [6.45, 7) is 9.91. The van der Waals surface area contributed by atoms with Crippen LogP contribution in [0.15, 0.2) is 12.7 Å². The lowest BCUT2D eigenvalue weighted by Gasteiger charge is -2.14. The van der Waals surface area contributed by atoms with Crippen molar-refractivity contribution >= 4 is 5.78 Å². The van der Waals surface area contributed by atoms with Gasteiger partial charge in [-0.05, 0) is 12.3 Å². The Bertz CT molecular complexity index is 161. The minimum Gasteiger partial charge on any atom is -0.299 e. The second kappa shape index (κ2) is 6.88. The lowest BCUT2D eigenvalue weighted by molar-refractivity contribution is -0.123. The summed E-state index contributed by atoms with van der Waals surface area (Å²) in [5.74, 6) is 0.851. The molecular weight excluding hydrogens is 160 g/mol. The maximum atomic E-state index is 11.6. The van der Waals surface area contributed by atoms with Gasteiger partial charge in [-0.2, -0.15) is 0 Å². The number of Topliss-reactive ketones (excluding diaryl/α,β-unsaturated/α-hetero) is 1. The fourth-order valence-corrected chi connectivity index (χ4v) is 1.27. The van der Waals surface area contributed by atoms with Gasteiger partial charge in [0, 0.05) is 12.3 Å². The number of ketones is 1. The molecule has 0 unspecified atom stereocenters. The summed E-state index contributed by atoms with van der Waals surface area (Å²) in [7, 11) is 0. The van der Waals surface area contributed by atoms with E-state index in [-0.39, 0.29) is 5.92 Å². The summed E-state index contributed by atoms with van der Waals surface area (Å²) in [6, 6.07) is 0. The molecule has 0 spiro atoms. The second-order valence-corrected chi connectivity index (χ2v) is 3.81. The van der Waals surface area contributed by atoms with Crippen LogP contribution in [-0.2, 0) is 4.79 Å². The van der Waals surface area contributed by atoms with Gasteiger partial charge >= 0.3 is 0 Å². The third-order valence-corrected chi connectivity index (χ3v) is 2.70. The molecule has 1 heteroatoms. The summed E-state index contributed by atoms with van der Waals surface area (Å²) in [5, 5.41) is 0. The van der Waals surface area contributed by atoms with Crippen LogP contribution in [0.4, 0.5) is 0 Å². The predicted molar refractivity (Wildman–Crippen MR) is 57.7 cm³/mol. The first kappa shape index (κ1) is 12.4. The van der Waals surface area contributed by atoms with Gasteiger partial charge in [-0.3, -0.25) is 4.79 Å². The minimum atomic E-state index is 0.148. The summed E-state index contributed by atoms with van der Waals surface area (Å²) in [4.78, 5) is 11.6. The molecule has 76 valence electrons. The SMILES string of the molecule is C=C[C@@H](C)[C@H](C)C(=O)CCCCC. The van der Waals surface area contributed by atoms with Gasteiger partial charge in [-0.15, -0.1) is 6.58 Å². The van der Waals surface area contributed by atoms with Crippen LogP contribution in [0.3, 0.4) is 0 Å². The fourth-order valence-electron chi connectivity index (χ4n) is 1.27. The molecule has 0 N–H and O–H groups in total. The van der Waals surface area contributed by atoms with Gasteiger partial charge in [0.15, 0.2) is 0 Å². The van der Waals surface area contributed by atoms with Crippen molar-refractivity contribution in [3.8, 4) is 0 Å². The van der Waals surface area contributed by atoms with Gasteiger partial charge in [0.25, 0.3) is 0 Å². The summed E-state index contributed by atoms with van der Waals surface area (Å²) in [5.41, 5.74) is 0. The Kier molecular flexibility index (Phi) is 6.56. The van der Waals surface area contributed by atoms with E-state index in [9.17, 15) is 4.79 Å². The first-order valence-electron chi connectivity index (χ1n) is 5.28. The highest BCUT2D eigenvalue weighted by Crippen LogP contribution is 2.16. The van der Waals surface area contributed by atoms with Crippen molar-refractivity contribution in [2.75, 3.05) is 0 Å². The number of carbonyl (C=O) groups is 1. The molecule has 0 amide bonds. The smallest absolute Gasteiger partial charge is 0.136 e. The van der Waals surface area contributed by atoms with Crippen LogP contribution in [0.2, 0.25) is 0 Å². The van der Waals surface area contributed by atoms with Crippen LogP contribution in [0.25, 0.3) is 0 Å². The third kappa shape index (κ3) is 4.87. The van der Waals surface area contributed by atoms with Crippen molar-refractivity contribution in [3.63, 3.8) is 0 Å². The molecule has 2 atom stereocenters. The number of rotatable bonds is 7. The molecule has 0 saturated carbocycles. The van der Waals surface area contributed by atoms with Crippen molar-refractivity contribution in [1.29, 1.82) is 0 Å².